The molecular formula is C18H17N3O2. The van der Waals surface area contributed by atoms with Crippen molar-refractivity contribution in [2.75, 3.05) is 18.5 Å². The zero-order chi connectivity index (χ0) is 16.0. The van der Waals surface area contributed by atoms with Gasteiger partial charge in [0.15, 0.2) is 0 Å². The fourth-order valence-electron chi connectivity index (χ4n) is 3.79. The molecule has 0 saturated carbocycles. The molecule has 0 unspecified atom stereocenters. The van der Waals surface area contributed by atoms with E-state index < -0.39 is 0 Å². The van der Waals surface area contributed by atoms with Crippen LogP contribution in [0.25, 0.3) is 0 Å². The van der Waals surface area contributed by atoms with Gasteiger partial charge in [0.25, 0.3) is 0 Å². The molecule has 1 aromatic carbocycles. The fraction of sp³-hybridized carbons (Fsp3) is 0.278. The fourth-order valence-corrected chi connectivity index (χ4v) is 3.79. The maximum Gasteiger partial charge on any atom is 0.239 e. The number of pyridine rings is 1. The van der Waals surface area contributed by atoms with Crippen molar-refractivity contribution in [1.29, 1.82) is 0 Å². The minimum Gasteiger partial charge on any atom is -0.296 e. The maximum absolute atomic E-state index is 13.0. The number of hydrogen-bond donors (Lipinski definition) is 0. The molecule has 2 aliphatic rings. The van der Waals surface area contributed by atoms with Gasteiger partial charge in [-0.1, -0.05) is 24.3 Å². The molecule has 5 nitrogen and oxygen atoms in total. The Bertz CT molecular complexity index is 747. The molecule has 0 aliphatic carbocycles. The van der Waals surface area contributed by atoms with Crippen molar-refractivity contribution in [3.05, 3.63) is 60.4 Å². The van der Waals surface area contributed by atoms with Gasteiger partial charge in [0.05, 0.1) is 29.3 Å². The minimum atomic E-state index is -0.359. The normalized spacial score (nSPS) is 27.5. The summed E-state index contributed by atoms with van der Waals surface area (Å²) in [7, 11) is 1.95. The first kappa shape index (κ1) is 14.1. The van der Waals surface area contributed by atoms with Crippen LogP contribution in [0.1, 0.15) is 11.7 Å². The molecule has 1 aromatic heterocycles. The molecule has 2 aliphatic heterocycles. The Kier molecular flexibility index (Phi) is 3.23. The van der Waals surface area contributed by atoms with Crippen molar-refractivity contribution in [1.82, 2.24) is 9.88 Å². The SMILES string of the molecule is CN1C[C@H]2C(=O)N(c3ccccc3)C(=O)[C@H]2[C@@H]1c1ccccn1. The van der Waals surface area contributed by atoms with E-state index >= 15 is 0 Å². The number of anilines is 1. The Labute approximate surface area is 134 Å². The first-order valence-corrected chi connectivity index (χ1v) is 7.72. The summed E-state index contributed by atoms with van der Waals surface area (Å²) in [4.78, 5) is 33.6. The van der Waals surface area contributed by atoms with Gasteiger partial charge in [0.2, 0.25) is 11.8 Å². The molecular weight excluding hydrogens is 290 g/mol. The van der Waals surface area contributed by atoms with Gasteiger partial charge in [-0.2, -0.15) is 0 Å². The lowest BCUT2D eigenvalue weighted by molar-refractivity contribution is -0.123. The summed E-state index contributed by atoms with van der Waals surface area (Å²) >= 11 is 0. The summed E-state index contributed by atoms with van der Waals surface area (Å²) in [5.74, 6) is -0.870. The predicted molar refractivity (Wildman–Crippen MR) is 85.5 cm³/mol. The Balaban J connectivity index is 1.73. The molecule has 4 rings (SSSR count). The number of aromatic nitrogens is 1. The third kappa shape index (κ3) is 2.08. The van der Waals surface area contributed by atoms with Crippen LogP contribution in [0, 0.1) is 11.8 Å². The Hall–Kier alpha value is -2.53. The van der Waals surface area contributed by atoms with Crippen LogP contribution in [-0.2, 0) is 9.59 Å². The van der Waals surface area contributed by atoms with Gasteiger partial charge in [0.1, 0.15) is 0 Å². The number of rotatable bonds is 2. The van der Waals surface area contributed by atoms with Gasteiger partial charge >= 0.3 is 0 Å². The molecule has 2 amide bonds. The van der Waals surface area contributed by atoms with Crippen LogP contribution in [0.3, 0.4) is 0 Å². The second-order valence-corrected chi connectivity index (χ2v) is 6.12. The summed E-state index contributed by atoms with van der Waals surface area (Å²) in [5.41, 5.74) is 1.50. The monoisotopic (exact) mass is 307 g/mol. The highest BCUT2D eigenvalue weighted by Crippen LogP contribution is 2.45. The van der Waals surface area contributed by atoms with E-state index in [1.165, 1.54) is 4.90 Å². The summed E-state index contributed by atoms with van der Waals surface area (Å²) in [6.07, 6.45) is 1.73. The highest BCUT2D eigenvalue weighted by Gasteiger charge is 2.57. The van der Waals surface area contributed by atoms with Gasteiger partial charge in [-0.05, 0) is 31.3 Å². The van der Waals surface area contributed by atoms with Crippen molar-refractivity contribution < 1.29 is 9.59 Å². The third-order valence-corrected chi connectivity index (χ3v) is 4.78. The number of nitrogens with zero attached hydrogens (tertiary/aromatic N) is 3. The van der Waals surface area contributed by atoms with Crippen LogP contribution in [0.2, 0.25) is 0 Å². The number of carbonyl (C=O) groups is 2. The van der Waals surface area contributed by atoms with E-state index in [9.17, 15) is 9.59 Å². The first-order chi connectivity index (χ1) is 11.2. The van der Waals surface area contributed by atoms with Crippen molar-refractivity contribution in [3.8, 4) is 0 Å². The molecule has 2 fully saturated rings. The van der Waals surface area contributed by atoms with E-state index in [2.05, 4.69) is 9.88 Å². The number of likely N-dealkylation sites (tertiary alicyclic amines) is 1. The van der Waals surface area contributed by atoms with Crippen LogP contribution in [0.4, 0.5) is 5.69 Å². The van der Waals surface area contributed by atoms with E-state index in [1.807, 2.05) is 43.4 Å². The second kappa shape index (κ2) is 5.28. The largest absolute Gasteiger partial charge is 0.296 e. The molecule has 2 aromatic rings. The van der Waals surface area contributed by atoms with Crippen LogP contribution >= 0.6 is 0 Å². The summed E-state index contributed by atoms with van der Waals surface area (Å²) in [6, 6.07) is 14.7. The Morgan fingerprint density at radius 1 is 1.00 bits per heavy atom. The van der Waals surface area contributed by atoms with E-state index in [0.717, 1.165) is 5.69 Å². The maximum atomic E-state index is 13.0. The van der Waals surface area contributed by atoms with Crippen molar-refractivity contribution in [2.24, 2.45) is 11.8 Å². The van der Waals surface area contributed by atoms with E-state index in [1.54, 1.807) is 18.3 Å². The number of hydrogen-bond acceptors (Lipinski definition) is 4. The lowest BCUT2D eigenvalue weighted by Crippen LogP contribution is -2.36. The number of benzene rings is 1. The van der Waals surface area contributed by atoms with Gasteiger partial charge in [-0.3, -0.25) is 19.5 Å². The van der Waals surface area contributed by atoms with Crippen molar-refractivity contribution in [3.63, 3.8) is 0 Å². The number of carbonyl (C=O) groups excluding carboxylic acids is 2. The average molecular weight is 307 g/mol. The van der Waals surface area contributed by atoms with Crippen LogP contribution in [0.15, 0.2) is 54.7 Å². The van der Waals surface area contributed by atoms with Gasteiger partial charge in [-0.15, -0.1) is 0 Å². The highest BCUT2D eigenvalue weighted by molar-refractivity contribution is 6.22. The zero-order valence-corrected chi connectivity index (χ0v) is 12.8. The molecule has 5 heteroatoms. The second-order valence-electron chi connectivity index (χ2n) is 6.12. The number of para-hydroxylation sites is 1. The molecule has 0 N–H and O–H groups in total. The molecule has 23 heavy (non-hydrogen) atoms. The van der Waals surface area contributed by atoms with E-state index in [0.29, 0.717) is 12.2 Å². The molecule has 0 bridgehead atoms. The summed E-state index contributed by atoms with van der Waals surface area (Å²) in [5, 5.41) is 0. The topological polar surface area (TPSA) is 53.5 Å². The minimum absolute atomic E-state index is 0.100. The van der Waals surface area contributed by atoms with Gasteiger partial charge in [-0.25, -0.2) is 4.90 Å². The van der Waals surface area contributed by atoms with E-state index in [4.69, 9.17) is 0 Å². The van der Waals surface area contributed by atoms with Crippen LogP contribution in [0.5, 0.6) is 0 Å². The third-order valence-electron chi connectivity index (χ3n) is 4.78. The van der Waals surface area contributed by atoms with E-state index in [-0.39, 0.29) is 29.7 Å². The standard InChI is InChI=1S/C18H17N3O2/c1-20-11-13-15(16(20)14-9-5-6-10-19-14)18(23)21(17(13)22)12-7-3-2-4-8-12/h2-10,13,15-16H,11H2,1H3/t13-,15-,16+/m1/s1. The van der Waals surface area contributed by atoms with Crippen LogP contribution in [-0.4, -0.2) is 35.3 Å². The molecule has 3 atom stereocenters. The average Bonchev–Trinajstić information content (AvgIpc) is 3.04. The Morgan fingerprint density at radius 3 is 2.43 bits per heavy atom. The van der Waals surface area contributed by atoms with Crippen LogP contribution < -0.4 is 4.90 Å². The lowest BCUT2D eigenvalue weighted by atomic mass is 9.91. The van der Waals surface area contributed by atoms with Gasteiger partial charge < -0.3 is 0 Å². The zero-order valence-electron chi connectivity index (χ0n) is 12.8. The molecule has 116 valence electrons. The number of amides is 2. The Morgan fingerprint density at radius 2 is 1.74 bits per heavy atom. The van der Waals surface area contributed by atoms with Crippen molar-refractivity contribution >= 4 is 17.5 Å². The first-order valence-electron chi connectivity index (χ1n) is 7.72. The molecule has 2 saturated heterocycles. The number of fused-ring (bicyclic) bond motifs is 1. The quantitative estimate of drug-likeness (QED) is 0.795. The molecule has 0 radical (unpaired) electrons. The summed E-state index contributed by atoms with van der Waals surface area (Å²) < 4.78 is 0. The number of imide groups is 1. The molecule has 3 heterocycles. The van der Waals surface area contributed by atoms with Gasteiger partial charge in [0, 0.05) is 12.7 Å². The van der Waals surface area contributed by atoms with Crippen molar-refractivity contribution in [2.45, 2.75) is 6.04 Å². The predicted octanol–water partition coefficient (Wildman–Crippen LogP) is 1.87. The smallest absolute Gasteiger partial charge is 0.239 e. The highest BCUT2D eigenvalue weighted by atomic mass is 16.2. The lowest BCUT2D eigenvalue weighted by Gasteiger charge is -2.24. The summed E-state index contributed by atoms with van der Waals surface area (Å²) in [6.45, 7) is 0.583. The molecule has 0 spiro atoms.